The van der Waals surface area contributed by atoms with Gasteiger partial charge in [0.2, 0.25) is 0 Å². The lowest BCUT2D eigenvalue weighted by molar-refractivity contribution is 0.0948. The molecule has 0 bridgehead atoms. The van der Waals surface area contributed by atoms with Crippen molar-refractivity contribution in [2.75, 3.05) is 25.0 Å². The quantitative estimate of drug-likeness (QED) is 0.694. The molecule has 0 aliphatic heterocycles. The first-order valence-corrected chi connectivity index (χ1v) is 9.79. The molecule has 0 saturated carbocycles. The summed E-state index contributed by atoms with van der Waals surface area (Å²) in [5.74, 6) is -0.315. The Balaban J connectivity index is 2.19. The van der Waals surface area contributed by atoms with Crippen molar-refractivity contribution in [3.63, 3.8) is 0 Å². The van der Waals surface area contributed by atoms with E-state index in [-0.39, 0.29) is 10.8 Å². The number of methoxy groups -OCH3 is 1. The fraction of sp³-hybridized carbons (Fsp3) is 0.316. The molecule has 2 N–H and O–H groups in total. The smallest absolute Gasteiger partial charge is 0.261 e. The number of carbonyl (C=O) groups excluding carboxylic acids is 1. The highest BCUT2D eigenvalue weighted by Gasteiger charge is 2.18. The number of nitrogens with one attached hydrogen (secondary N) is 2. The molecule has 0 aliphatic rings. The molecule has 2 rings (SSSR count). The molecule has 7 heteroatoms. The predicted molar refractivity (Wildman–Crippen MR) is 102 cm³/mol. The van der Waals surface area contributed by atoms with Gasteiger partial charge < -0.3 is 10.1 Å². The molecule has 0 aromatic heterocycles. The molecule has 1 amide bonds. The molecule has 140 valence electrons. The lowest BCUT2D eigenvalue weighted by atomic mass is 10.1. The highest BCUT2D eigenvalue weighted by atomic mass is 32.2. The zero-order valence-corrected chi connectivity index (χ0v) is 16.0. The van der Waals surface area contributed by atoms with Crippen LogP contribution in [0.5, 0.6) is 0 Å². The van der Waals surface area contributed by atoms with E-state index in [1.54, 1.807) is 19.2 Å². The van der Waals surface area contributed by atoms with Gasteiger partial charge in [0.15, 0.2) is 0 Å². The molecule has 0 saturated heterocycles. The highest BCUT2D eigenvalue weighted by Crippen LogP contribution is 2.23. The van der Waals surface area contributed by atoms with Crippen LogP contribution in [0, 0.1) is 13.8 Å². The predicted octanol–water partition coefficient (Wildman–Crippen LogP) is 2.87. The van der Waals surface area contributed by atoms with E-state index in [9.17, 15) is 13.2 Å². The zero-order chi connectivity index (χ0) is 19.2. The Morgan fingerprint density at radius 2 is 1.73 bits per heavy atom. The van der Waals surface area contributed by atoms with Gasteiger partial charge in [-0.1, -0.05) is 24.3 Å². The normalized spacial score (nSPS) is 11.2. The lowest BCUT2D eigenvalue weighted by Crippen LogP contribution is -2.25. The van der Waals surface area contributed by atoms with Crippen LogP contribution >= 0.6 is 0 Å². The first-order chi connectivity index (χ1) is 12.3. The van der Waals surface area contributed by atoms with Gasteiger partial charge in [-0.3, -0.25) is 9.52 Å². The monoisotopic (exact) mass is 376 g/mol. The van der Waals surface area contributed by atoms with Crippen molar-refractivity contribution < 1.29 is 17.9 Å². The molecular weight excluding hydrogens is 352 g/mol. The first-order valence-electron chi connectivity index (χ1n) is 8.31. The lowest BCUT2D eigenvalue weighted by Gasteiger charge is -2.14. The third kappa shape index (κ3) is 5.06. The second-order valence-corrected chi connectivity index (χ2v) is 7.68. The molecule has 26 heavy (non-hydrogen) atoms. The van der Waals surface area contributed by atoms with Crippen molar-refractivity contribution in [3.05, 3.63) is 59.2 Å². The number of benzene rings is 2. The van der Waals surface area contributed by atoms with Gasteiger partial charge in [-0.15, -0.1) is 0 Å². The summed E-state index contributed by atoms with van der Waals surface area (Å²) in [7, 11) is -2.20. The van der Waals surface area contributed by atoms with Crippen LogP contribution in [0.3, 0.4) is 0 Å². The van der Waals surface area contributed by atoms with Gasteiger partial charge in [0, 0.05) is 25.8 Å². The number of carbonyl (C=O) groups is 1. The van der Waals surface area contributed by atoms with Crippen LogP contribution in [0.2, 0.25) is 0 Å². The second-order valence-electron chi connectivity index (χ2n) is 6.00. The standard InChI is InChI=1S/C19H24N2O4S/c1-14-7-4-8-15(2)18(14)21-26(23,24)17-10-5-9-16(13-17)19(22)20-11-6-12-25-3/h4-5,7-10,13,21H,6,11-12H2,1-3H3,(H,20,22). The number of aryl methyl sites for hydroxylation is 2. The third-order valence-electron chi connectivity index (χ3n) is 3.93. The Morgan fingerprint density at radius 1 is 1.08 bits per heavy atom. The van der Waals surface area contributed by atoms with E-state index >= 15 is 0 Å². The Kier molecular flexibility index (Phi) is 6.76. The van der Waals surface area contributed by atoms with Crippen LogP contribution in [-0.2, 0) is 14.8 Å². The van der Waals surface area contributed by atoms with E-state index in [1.165, 1.54) is 12.1 Å². The Labute approximate surface area is 154 Å². The number of hydrogen-bond acceptors (Lipinski definition) is 4. The molecule has 0 atom stereocenters. The van der Waals surface area contributed by atoms with Gasteiger partial charge in [-0.25, -0.2) is 8.42 Å². The molecule has 0 radical (unpaired) electrons. The number of sulfonamides is 1. The van der Waals surface area contributed by atoms with Crippen molar-refractivity contribution >= 4 is 21.6 Å². The number of rotatable bonds is 8. The summed E-state index contributed by atoms with van der Waals surface area (Å²) < 4.78 is 33.0. The van der Waals surface area contributed by atoms with Crippen LogP contribution < -0.4 is 10.0 Å². The van der Waals surface area contributed by atoms with E-state index in [0.717, 1.165) is 11.1 Å². The summed E-state index contributed by atoms with van der Waals surface area (Å²) in [5.41, 5.74) is 2.52. The van der Waals surface area contributed by atoms with Gasteiger partial charge >= 0.3 is 0 Å². The van der Waals surface area contributed by atoms with Crippen LogP contribution in [0.4, 0.5) is 5.69 Å². The molecule has 0 heterocycles. The average Bonchev–Trinajstić information content (AvgIpc) is 2.62. The second kappa shape index (κ2) is 8.82. The first kappa shape index (κ1) is 19.9. The minimum atomic E-state index is -3.79. The average molecular weight is 376 g/mol. The van der Waals surface area contributed by atoms with Crippen molar-refractivity contribution in [1.29, 1.82) is 0 Å². The van der Waals surface area contributed by atoms with E-state index in [1.807, 2.05) is 32.0 Å². The Morgan fingerprint density at radius 3 is 2.38 bits per heavy atom. The SMILES string of the molecule is COCCCNC(=O)c1cccc(S(=O)(=O)Nc2c(C)cccc2C)c1. The van der Waals surface area contributed by atoms with Crippen LogP contribution in [-0.4, -0.2) is 34.6 Å². The summed E-state index contributed by atoms with van der Waals surface area (Å²) in [6.07, 6.45) is 0.689. The molecule has 0 spiro atoms. The third-order valence-corrected chi connectivity index (χ3v) is 5.28. The number of ether oxygens (including phenoxy) is 1. The van der Waals surface area contributed by atoms with Gasteiger partial charge in [-0.05, 0) is 49.6 Å². The molecule has 0 aliphatic carbocycles. The molecule has 2 aromatic rings. The highest BCUT2D eigenvalue weighted by molar-refractivity contribution is 7.92. The van der Waals surface area contributed by atoms with Gasteiger partial charge in [0.25, 0.3) is 15.9 Å². The van der Waals surface area contributed by atoms with Crippen LogP contribution in [0.25, 0.3) is 0 Å². The topological polar surface area (TPSA) is 84.5 Å². The van der Waals surface area contributed by atoms with Crippen LogP contribution in [0.1, 0.15) is 27.9 Å². The fourth-order valence-corrected chi connectivity index (χ4v) is 3.74. The van der Waals surface area contributed by atoms with Crippen molar-refractivity contribution in [2.24, 2.45) is 0 Å². The number of amides is 1. The summed E-state index contributed by atoms with van der Waals surface area (Å²) in [4.78, 5) is 12.2. The fourth-order valence-electron chi connectivity index (χ4n) is 2.49. The largest absolute Gasteiger partial charge is 0.385 e. The number of anilines is 1. The van der Waals surface area contributed by atoms with Gasteiger partial charge in [-0.2, -0.15) is 0 Å². The van der Waals surface area contributed by atoms with Crippen molar-refractivity contribution in [2.45, 2.75) is 25.2 Å². The van der Waals surface area contributed by atoms with E-state index in [0.29, 0.717) is 30.8 Å². The molecule has 0 fully saturated rings. The van der Waals surface area contributed by atoms with Gasteiger partial charge in [0.05, 0.1) is 10.6 Å². The van der Waals surface area contributed by atoms with E-state index in [4.69, 9.17) is 4.74 Å². The van der Waals surface area contributed by atoms with Gasteiger partial charge in [0.1, 0.15) is 0 Å². The maximum Gasteiger partial charge on any atom is 0.261 e. The molecular formula is C19H24N2O4S. The summed E-state index contributed by atoms with van der Waals surface area (Å²) in [5, 5.41) is 2.75. The number of hydrogen-bond donors (Lipinski definition) is 2. The van der Waals surface area contributed by atoms with Crippen molar-refractivity contribution in [3.8, 4) is 0 Å². The maximum absolute atomic E-state index is 12.7. The van der Waals surface area contributed by atoms with E-state index in [2.05, 4.69) is 10.0 Å². The molecule has 6 nitrogen and oxygen atoms in total. The minimum Gasteiger partial charge on any atom is -0.385 e. The minimum absolute atomic E-state index is 0.0460. The summed E-state index contributed by atoms with van der Waals surface area (Å²) >= 11 is 0. The summed E-state index contributed by atoms with van der Waals surface area (Å²) in [6, 6.07) is 11.5. The Bertz CT molecular complexity index is 859. The summed E-state index contributed by atoms with van der Waals surface area (Å²) in [6.45, 7) is 4.70. The maximum atomic E-state index is 12.7. The van der Waals surface area contributed by atoms with Crippen molar-refractivity contribution in [1.82, 2.24) is 5.32 Å². The molecule has 0 unspecified atom stereocenters. The number of para-hydroxylation sites is 1. The zero-order valence-electron chi connectivity index (χ0n) is 15.2. The van der Waals surface area contributed by atoms with E-state index < -0.39 is 10.0 Å². The Hall–Kier alpha value is -2.38. The van der Waals surface area contributed by atoms with Crippen LogP contribution in [0.15, 0.2) is 47.4 Å². The molecule has 2 aromatic carbocycles.